The highest BCUT2D eigenvalue weighted by Crippen LogP contribution is 2.58. The van der Waals surface area contributed by atoms with Gasteiger partial charge in [0.1, 0.15) is 5.41 Å². The number of anilines is 1. The zero-order chi connectivity index (χ0) is 27.8. The molecule has 0 aromatic heterocycles. The average molecular weight is 549 g/mol. The minimum Gasteiger partial charge on any atom is -0.390 e. The van der Waals surface area contributed by atoms with Crippen LogP contribution in [0.1, 0.15) is 70.4 Å². The van der Waals surface area contributed by atoms with Crippen molar-refractivity contribution >= 4 is 29.0 Å². The van der Waals surface area contributed by atoms with E-state index in [4.69, 9.17) is 11.6 Å². The second-order valence-electron chi connectivity index (χ2n) is 12.6. The van der Waals surface area contributed by atoms with Gasteiger partial charge in [-0.1, -0.05) is 50.6 Å². The fraction of sp³-hybridized carbons (Fsp3) is 0.517. The summed E-state index contributed by atoms with van der Waals surface area (Å²) in [6.45, 7) is 7.63. The number of halogens is 4. The number of hydrogen-bond donors (Lipinski definition) is 3. The van der Waals surface area contributed by atoms with Crippen molar-refractivity contribution < 1.29 is 27.9 Å². The molecule has 2 fully saturated rings. The van der Waals surface area contributed by atoms with Crippen molar-refractivity contribution in [2.45, 2.75) is 82.4 Å². The second kappa shape index (κ2) is 9.07. The van der Waals surface area contributed by atoms with E-state index >= 15 is 8.78 Å². The van der Waals surface area contributed by atoms with Gasteiger partial charge in [0.15, 0.2) is 23.2 Å². The first-order chi connectivity index (χ1) is 17.7. The molecule has 2 aromatic rings. The van der Waals surface area contributed by atoms with Crippen LogP contribution in [0, 0.1) is 28.8 Å². The third-order valence-corrected chi connectivity index (χ3v) is 8.63. The number of benzene rings is 2. The number of rotatable bonds is 5. The van der Waals surface area contributed by atoms with E-state index in [2.05, 4.69) is 10.6 Å². The van der Waals surface area contributed by atoms with Gasteiger partial charge in [-0.15, -0.1) is 0 Å². The first kappa shape index (κ1) is 27.2. The van der Waals surface area contributed by atoms with E-state index in [9.17, 15) is 19.1 Å². The Hall–Kier alpha value is -2.42. The highest BCUT2D eigenvalue weighted by Gasteiger charge is 2.66. The summed E-state index contributed by atoms with van der Waals surface area (Å²) in [4.78, 5) is 27.9. The van der Waals surface area contributed by atoms with Crippen molar-refractivity contribution in [1.82, 2.24) is 5.32 Å². The molecule has 1 saturated heterocycles. The van der Waals surface area contributed by atoms with Crippen LogP contribution in [-0.4, -0.2) is 34.5 Å². The van der Waals surface area contributed by atoms with Crippen molar-refractivity contribution in [1.29, 1.82) is 0 Å². The number of ketones is 1. The molecule has 3 N–H and O–H groups in total. The fourth-order valence-electron chi connectivity index (χ4n) is 6.97. The first-order valence-electron chi connectivity index (χ1n) is 12.9. The molecule has 1 aliphatic carbocycles. The van der Waals surface area contributed by atoms with Gasteiger partial charge in [0.2, 0.25) is 5.91 Å². The van der Waals surface area contributed by atoms with Crippen molar-refractivity contribution in [3.63, 3.8) is 0 Å². The largest absolute Gasteiger partial charge is 0.390 e. The standard InChI is InChI=1S/C29H32ClF3N2O3/c1-27(2,3)13-20-29(16-8-9-17(30)23(33)24(16)35-26(29)37)21(15-6-5-7-18(31)22(15)32)25(34-20)19(36)10-14-11-28(4,38)12-14/h5-9,14,20-21,25,34,38H,10-13H2,1-4H3,(H,35,37)/t14?,20-,21-,25-,28?,29+/m0/s1. The Balaban J connectivity index is 1.71. The van der Waals surface area contributed by atoms with E-state index in [0.29, 0.717) is 19.3 Å². The molecule has 2 aliphatic heterocycles. The number of fused-ring (bicyclic) bond motifs is 2. The lowest BCUT2D eigenvalue weighted by molar-refractivity contribution is -0.126. The summed E-state index contributed by atoms with van der Waals surface area (Å²) in [6.07, 6.45) is 1.41. The number of carbonyl (C=O) groups excluding carboxylic acids is 2. The van der Waals surface area contributed by atoms with Crippen LogP contribution in [0.4, 0.5) is 18.9 Å². The van der Waals surface area contributed by atoms with Gasteiger partial charge in [-0.25, -0.2) is 13.2 Å². The van der Waals surface area contributed by atoms with Gasteiger partial charge < -0.3 is 15.7 Å². The monoisotopic (exact) mass is 548 g/mol. The zero-order valence-corrected chi connectivity index (χ0v) is 22.6. The van der Waals surface area contributed by atoms with Crippen LogP contribution in [0.25, 0.3) is 0 Å². The summed E-state index contributed by atoms with van der Waals surface area (Å²) in [5.74, 6) is -5.11. The minimum absolute atomic E-state index is 0.0594. The summed E-state index contributed by atoms with van der Waals surface area (Å²) >= 11 is 6.03. The molecule has 0 radical (unpaired) electrons. The molecular formula is C29H32ClF3N2O3. The van der Waals surface area contributed by atoms with E-state index < -0.39 is 52.4 Å². The highest BCUT2D eigenvalue weighted by molar-refractivity contribution is 6.31. The van der Waals surface area contributed by atoms with Gasteiger partial charge in [-0.3, -0.25) is 9.59 Å². The van der Waals surface area contributed by atoms with E-state index in [1.807, 2.05) is 20.8 Å². The molecule has 9 heteroatoms. The van der Waals surface area contributed by atoms with Gasteiger partial charge >= 0.3 is 0 Å². The van der Waals surface area contributed by atoms with Gasteiger partial charge in [0.05, 0.1) is 22.4 Å². The van der Waals surface area contributed by atoms with Gasteiger partial charge in [0, 0.05) is 18.4 Å². The summed E-state index contributed by atoms with van der Waals surface area (Å²) in [6, 6.07) is 4.86. The van der Waals surface area contributed by atoms with Crippen LogP contribution >= 0.6 is 11.6 Å². The van der Waals surface area contributed by atoms with Crippen molar-refractivity contribution in [3.8, 4) is 0 Å². The van der Waals surface area contributed by atoms with Crippen molar-refractivity contribution in [2.24, 2.45) is 11.3 Å². The average Bonchev–Trinajstić information content (AvgIpc) is 3.27. The third-order valence-electron chi connectivity index (χ3n) is 8.34. The van der Waals surface area contributed by atoms with E-state index in [1.54, 1.807) is 6.92 Å². The molecule has 2 aromatic carbocycles. The quantitative estimate of drug-likeness (QED) is 0.453. The summed E-state index contributed by atoms with van der Waals surface area (Å²) < 4.78 is 45.3. The normalized spacial score (nSPS) is 32.3. The van der Waals surface area contributed by atoms with Crippen LogP contribution in [0.5, 0.6) is 0 Å². The van der Waals surface area contributed by atoms with E-state index in [1.165, 1.54) is 24.3 Å². The Labute approximate surface area is 225 Å². The molecule has 0 bridgehead atoms. The number of hydrogen-bond acceptors (Lipinski definition) is 4. The summed E-state index contributed by atoms with van der Waals surface area (Å²) in [7, 11) is 0. The lowest BCUT2D eigenvalue weighted by atomic mass is 9.61. The third kappa shape index (κ3) is 4.25. The predicted molar refractivity (Wildman–Crippen MR) is 139 cm³/mol. The Morgan fingerprint density at radius 3 is 2.45 bits per heavy atom. The maximum absolute atomic E-state index is 15.5. The maximum atomic E-state index is 15.5. The molecule has 0 unspecified atom stereocenters. The Morgan fingerprint density at radius 1 is 1.13 bits per heavy atom. The van der Waals surface area contributed by atoms with Gasteiger partial charge in [-0.05, 0) is 60.8 Å². The second-order valence-corrected chi connectivity index (χ2v) is 13.0. The SMILES string of the molecule is CC(C)(C)C[C@@H]1N[C@@H](C(=O)CC2CC(C)(O)C2)[C@H](c2cccc(F)c2F)[C@]12C(=O)Nc1c2ccc(Cl)c1F. The molecule has 1 spiro atoms. The number of nitrogens with one attached hydrogen (secondary N) is 2. The first-order valence-corrected chi connectivity index (χ1v) is 13.3. The van der Waals surface area contributed by atoms with Crippen LogP contribution < -0.4 is 10.6 Å². The smallest absolute Gasteiger partial charge is 0.237 e. The molecular weight excluding hydrogens is 517 g/mol. The highest BCUT2D eigenvalue weighted by atomic mass is 35.5. The molecule has 38 heavy (non-hydrogen) atoms. The molecule has 4 atom stereocenters. The number of Topliss-reactive ketones (excluding diaryl/α,β-unsaturated/α-hetero) is 1. The van der Waals surface area contributed by atoms with Crippen molar-refractivity contribution in [2.75, 3.05) is 5.32 Å². The topological polar surface area (TPSA) is 78.4 Å². The summed E-state index contributed by atoms with van der Waals surface area (Å²) in [5.41, 5.74) is -2.73. The zero-order valence-electron chi connectivity index (χ0n) is 21.8. The molecule has 1 saturated carbocycles. The Kier molecular flexibility index (Phi) is 6.48. The number of carbonyl (C=O) groups is 2. The Morgan fingerprint density at radius 2 is 1.82 bits per heavy atom. The lowest BCUT2D eigenvalue weighted by Crippen LogP contribution is -2.49. The molecule has 1 amide bonds. The maximum Gasteiger partial charge on any atom is 0.237 e. The van der Waals surface area contributed by atoms with E-state index in [0.717, 1.165) is 6.07 Å². The Bertz CT molecular complexity index is 1320. The molecule has 3 aliphatic rings. The number of amides is 1. The van der Waals surface area contributed by atoms with Crippen LogP contribution in [0.15, 0.2) is 30.3 Å². The van der Waals surface area contributed by atoms with Gasteiger partial charge in [-0.2, -0.15) is 0 Å². The predicted octanol–water partition coefficient (Wildman–Crippen LogP) is 5.63. The summed E-state index contributed by atoms with van der Waals surface area (Å²) in [5, 5.41) is 15.9. The molecule has 204 valence electrons. The van der Waals surface area contributed by atoms with E-state index in [-0.39, 0.29) is 45.4 Å². The lowest BCUT2D eigenvalue weighted by Gasteiger charge is -2.41. The van der Waals surface area contributed by atoms with Gasteiger partial charge in [0.25, 0.3) is 0 Å². The minimum atomic E-state index is -1.60. The molecule has 2 heterocycles. The molecule has 5 nitrogen and oxygen atoms in total. The van der Waals surface area contributed by atoms with Crippen LogP contribution in [0.3, 0.4) is 0 Å². The molecule has 5 rings (SSSR count). The van der Waals surface area contributed by atoms with Crippen molar-refractivity contribution in [3.05, 3.63) is 63.9 Å². The number of aliphatic hydroxyl groups is 1. The van der Waals surface area contributed by atoms with Crippen LogP contribution in [-0.2, 0) is 15.0 Å². The fourth-order valence-corrected chi connectivity index (χ4v) is 7.13. The van der Waals surface area contributed by atoms with Crippen LogP contribution in [0.2, 0.25) is 5.02 Å².